The van der Waals surface area contributed by atoms with E-state index in [2.05, 4.69) is 10.5 Å². The van der Waals surface area contributed by atoms with Crippen molar-refractivity contribution in [3.05, 3.63) is 35.4 Å². The molecule has 0 spiro atoms. The summed E-state index contributed by atoms with van der Waals surface area (Å²) < 4.78 is 27.2. The lowest BCUT2D eigenvalue weighted by molar-refractivity contribution is -0.126. The van der Waals surface area contributed by atoms with Gasteiger partial charge in [0.05, 0.1) is 17.7 Å². The first-order chi connectivity index (χ1) is 9.39. The van der Waals surface area contributed by atoms with E-state index >= 15 is 0 Å². The molecule has 0 radical (unpaired) electrons. The molecule has 20 heavy (non-hydrogen) atoms. The number of hydrogen-bond donors (Lipinski definition) is 1. The number of benzene rings is 1. The lowest BCUT2D eigenvalue weighted by Crippen LogP contribution is -2.45. The molecule has 1 aliphatic carbocycles. The highest BCUT2D eigenvalue weighted by Crippen LogP contribution is 2.39. The van der Waals surface area contributed by atoms with Crippen molar-refractivity contribution in [2.24, 2.45) is 16.4 Å². The van der Waals surface area contributed by atoms with Crippen molar-refractivity contribution in [1.82, 2.24) is 5.43 Å². The van der Waals surface area contributed by atoms with Crippen molar-refractivity contribution in [2.45, 2.75) is 32.7 Å². The van der Waals surface area contributed by atoms with Crippen molar-refractivity contribution < 1.29 is 13.6 Å². The molecule has 1 N–H and O–H groups in total. The van der Waals surface area contributed by atoms with Crippen molar-refractivity contribution in [3.8, 4) is 0 Å². The first-order valence-electron chi connectivity index (χ1n) is 6.69. The Morgan fingerprint density at radius 3 is 2.85 bits per heavy atom. The van der Waals surface area contributed by atoms with Crippen LogP contribution in [0.2, 0.25) is 0 Å². The maximum Gasteiger partial charge on any atom is 0.167 e. The van der Waals surface area contributed by atoms with Gasteiger partial charge in [0.15, 0.2) is 11.6 Å². The van der Waals surface area contributed by atoms with Crippen LogP contribution in [0.15, 0.2) is 23.3 Å². The molecule has 1 saturated carbocycles. The van der Waals surface area contributed by atoms with Crippen LogP contribution in [0.5, 0.6) is 0 Å². The van der Waals surface area contributed by atoms with Gasteiger partial charge in [-0.15, -0.1) is 0 Å². The van der Waals surface area contributed by atoms with E-state index in [0.29, 0.717) is 12.1 Å². The van der Waals surface area contributed by atoms with Crippen molar-refractivity contribution in [3.63, 3.8) is 0 Å². The third-order valence-electron chi connectivity index (χ3n) is 4.05. The van der Waals surface area contributed by atoms with Gasteiger partial charge in [-0.1, -0.05) is 19.9 Å². The molecule has 1 aromatic carbocycles. The first-order valence-corrected chi connectivity index (χ1v) is 6.69. The van der Waals surface area contributed by atoms with E-state index in [1.165, 1.54) is 12.1 Å². The number of rotatable bonds is 1. The summed E-state index contributed by atoms with van der Waals surface area (Å²) in [7, 11) is 0. The first kappa shape index (κ1) is 13.2. The molecule has 3 nitrogen and oxygen atoms in total. The zero-order valence-electron chi connectivity index (χ0n) is 11.4. The van der Waals surface area contributed by atoms with Gasteiger partial charge < -0.3 is 5.43 Å². The molecular weight excluding hydrogens is 262 g/mol. The summed E-state index contributed by atoms with van der Waals surface area (Å²) in [6, 6.07) is 3.84. The SMILES string of the molecule is CC1(C)CC(=O)[C@H]2C(c3cccc(F)c3F)=NN[C@H]2C1. The second kappa shape index (κ2) is 4.36. The van der Waals surface area contributed by atoms with Crippen LogP contribution in [0.1, 0.15) is 32.3 Å². The molecule has 1 heterocycles. The third-order valence-corrected chi connectivity index (χ3v) is 4.05. The summed E-state index contributed by atoms with van der Waals surface area (Å²) in [6.07, 6.45) is 1.22. The number of hydrogen-bond acceptors (Lipinski definition) is 3. The Morgan fingerprint density at radius 2 is 2.10 bits per heavy atom. The molecule has 0 unspecified atom stereocenters. The molecule has 2 atom stereocenters. The molecule has 1 aromatic rings. The van der Waals surface area contributed by atoms with Gasteiger partial charge in [-0.25, -0.2) is 8.78 Å². The lowest BCUT2D eigenvalue weighted by atomic mass is 9.68. The second-order valence-corrected chi connectivity index (χ2v) is 6.32. The fourth-order valence-electron chi connectivity index (χ4n) is 3.21. The zero-order valence-corrected chi connectivity index (χ0v) is 11.4. The summed E-state index contributed by atoms with van der Waals surface area (Å²) in [5.74, 6) is -2.29. The summed E-state index contributed by atoms with van der Waals surface area (Å²) in [5, 5.41) is 4.11. The summed E-state index contributed by atoms with van der Waals surface area (Å²) >= 11 is 0. The van der Waals surface area contributed by atoms with Crippen molar-refractivity contribution >= 4 is 11.5 Å². The molecule has 1 aliphatic heterocycles. The molecule has 106 valence electrons. The minimum absolute atomic E-state index is 0.0404. The van der Waals surface area contributed by atoms with E-state index in [1.54, 1.807) is 0 Å². The second-order valence-electron chi connectivity index (χ2n) is 6.32. The van der Waals surface area contributed by atoms with Gasteiger partial charge >= 0.3 is 0 Å². The normalized spacial score (nSPS) is 27.8. The number of halogens is 2. The fourth-order valence-corrected chi connectivity index (χ4v) is 3.21. The molecule has 5 heteroatoms. The largest absolute Gasteiger partial charge is 0.306 e. The number of nitrogens with zero attached hydrogens (tertiary/aromatic N) is 1. The Labute approximate surface area is 116 Å². The minimum atomic E-state index is -0.939. The average Bonchev–Trinajstić information content (AvgIpc) is 2.74. The predicted octanol–water partition coefficient (Wildman–Crippen LogP) is 2.65. The maximum absolute atomic E-state index is 13.9. The minimum Gasteiger partial charge on any atom is -0.306 e. The number of fused-ring (bicyclic) bond motifs is 1. The van der Waals surface area contributed by atoms with Gasteiger partial charge in [0, 0.05) is 12.0 Å². The molecule has 0 bridgehead atoms. The predicted molar refractivity (Wildman–Crippen MR) is 71.3 cm³/mol. The van der Waals surface area contributed by atoms with Crippen LogP contribution in [0.4, 0.5) is 8.78 Å². The monoisotopic (exact) mass is 278 g/mol. The third kappa shape index (κ3) is 2.01. The summed E-state index contributed by atoms with van der Waals surface area (Å²) in [6.45, 7) is 4.06. The highest BCUT2D eigenvalue weighted by Gasteiger charge is 2.46. The summed E-state index contributed by atoms with van der Waals surface area (Å²) in [4.78, 5) is 12.3. The standard InChI is InChI=1S/C15H16F2N2O/c1-15(2)6-10-12(11(20)7-15)14(19-18-10)8-4-3-5-9(16)13(8)17/h3-5,10,12,18H,6-7H2,1-2H3/t10-,12-/m0/s1. The Hall–Kier alpha value is -1.78. The van der Waals surface area contributed by atoms with E-state index in [9.17, 15) is 13.6 Å². The van der Waals surface area contributed by atoms with Crippen molar-refractivity contribution in [2.75, 3.05) is 0 Å². The van der Waals surface area contributed by atoms with E-state index in [0.717, 1.165) is 12.5 Å². The molecular formula is C15H16F2N2O. The van der Waals surface area contributed by atoms with Gasteiger partial charge in [-0.05, 0) is 24.0 Å². The molecule has 1 fully saturated rings. The van der Waals surface area contributed by atoms with E-state index in [4.69, 9.17) is 0 Å². The van der Waals surface area contributed by atoms with Crippen LogP contribution < -0.4 is 5.43 Å². The van der Waals surface area contributed by atoms with Crippen LogP contribution >= 0.6 is 0 Å². The van der Waals surface area contributed by atoms with E-state index < -0.39 is 17.6 Å². The Balaban J connectivity index is 1.98. The van der Waals surface area contributed by atoms with E-state index in [-0.39, 0.29) is 22.8 Å². The van der Waals surface area contributed by atoms with Gasteiger partial charge in [0.1, 0.15) is 5.78 Å². The Kier molecular flexibility index (Phi) is 2.88. The maximum atomic E-state index is 13.9. The van der Waals surface area contributed by atoms with Crippen LogP contribution in [-0.4, -0.2) is 17.5 Å². The molecule has 0 saturated heterocycles. The van der Waals surface area contributed by atoms with Gasteiger partial charge in [-0.2, -0.15) is 5.10 Å². The molecule has 3 rings (SSSR count). The smallest absolute Gasteiger partial charge is 0.167 e. The number of hydrazone groups is 1. The highest BCUT2D eigenvalue weighted by atomic mass is 19.2. The van der Waals surface area contributed by atoms with E-state index in [1.807, 2.05) is 13.8 Å². The van der Waals surface area contributed by atoms with Crippen LogP contribution in [-0.2, 0) is 4.79 Å². The Bertz CT molecular complexity index is 610. The highest BCUT2D eigenvalue weighted by molar-refractivity contribution is 6.15. The van der Waals surface area contributed by atoms with Crippen LogP contribution in [0, 0.1) is 23.0 Å². The topological polar surface area (TPSA) is 41.5 Å². The fraction of sp³-hybridized carbons (Fsp3) is 0.467. The van der Waals surface area contributed by atoms with Gasteiger partial charge in [-0.3, -0.25) is 4.79 Å². The van der Waals surface area contributed by atoms with Crippen LogP contribution in [0.25, 0.3) is 0 Å². The number of carbonyl (C=O) groups excluding carboxylic acids is 1. The quantitative estimate of drug-likeness (QED) is 0.858. The molecule has 2 aliphatic rings. The zero-order chi connectivity index (χ0) is 14.5. The number of ketones is 1. The van der Waals surface area contributed by atoms with Gasteiger partial charge in [0.2, 0.25) is 0 Å². The average molecular weight is 278 g/mol. The Morgan fingerprint density at radius 1 is 1.35 bits per heavy atom. The molecule has 0 aromatic heterocycles. The lowest BCUT2D eigenvalue weighted by Gasteiger charge is -2.36. The van der Waals surface area contributed by atoms with Crippen LogP contribution in [0.3, 0.4) is 0 Å². The number of carbonyl (C=O) groups is 1. The molecule has 0 amide bonds. The summed E-state index contributed by atoms with van der Waals surface area (Å²) in [5.41, 5.74) is 3.24. The van der Waals surface area contributed by atoms with Crippen molar-refractivity contribution in [1.29, 1.82) is 0 Å². The van der Waals surface area contributed by atoms with Gasteiger partial charge in [0.25, 0.3) is 0 Å². The number of Topliss-reactive ketones (excluding diaryl/α,β-unsaturated/α-hetero) is 1. The number of nitrogens with one attached hydrogen (secondary N) is 1.